The molecular weight excluding hydrogens is 1020 g/mol. The van der Waals surface area contributed by atoms with Gasteiger partial charge in [0.2, 0.25) is 0 Å². The number of ether oxygens (including phenoxy) is 9. The van der Waals surface area contributed by atoms with Gasteiger partial charge in [-0.25, -0.2) is 14.4 Å². The topological polar surface area (TPSA) is 134 Å². The summed E-state index contributed by atoms with van der Waals surface area (Å²) in [5.74, 6) is 1.48. The number of carbonyl (C=O) groups is 3. The number of esters is 3. The van der Waals surface area contributed by atoms with E-state index in [1.54, 1.807) is 18.2 Å². The summed E-state index contributed by atoms with van der Waals surface area (Å²) in [4.78, 5) is 33.9. The number of rotatable bonds is 53. The fraction of sp³-hybridized carbons (Fsp3) is 0.609. The van der Waals surface area contributed by atoms with Crippen molar-refractivity contribution in [2.24, 2.45) is 0 Å². The van der Waals surface area contributed by atoms with Gasteiger partial charge in [-0.1, -0.05) is 190 Å². The minimum absolute atomic E-state index is 0.0139. The van der Waals surface area contributed by atoms with Crippen molar-refractivity contribution < 1.29 is 57.0 Å². The number of methoxy groups -OCH3 is 3. The van der Waals surface area contributed by atoms with Gasteiger partial charge in [-0.15, -0.1) is 0 Å². The lowest BCUT2D eigenvalue weighted by atomic mass is 10.1. The minimum Gasteiger partial charge on any atom is -0.494 e. The summed E-state index contributed by atoms with van der Waals surface area (Å²) in [6.07, 6.45) is 46.2. The molecule has 0 saturated carbocycles. The number of unbranched alkanes of at least 4 members (excludes halogenated alkanes) is 27. The molecule has 0 amide bonds. The van der Waals surface area contributed by atoms with Crippen LogP contribution in [0.3, 0.4) is 0 Å². The van der Waals surface area contributed by atoms with E-state index >= 15 is 0 Å². The lowest BCUT2D eigenvalue weighted by Crippen LogP contribution is -2.26. The molecule has 3 rings (SSSR count). The Morgan fingerprint density at radius 2 is 0.531 bits per heavy atom. The van der Waals surface area contributed by atoms with Gasteiger partial charge in [-0.05, 0) is 110 Å². The summed E-state index contributed by atoms with van der Waals surface area (Å²) >= 11 is 0. The Hall–Kier alpha value is -5.43. The fourth-order valence-corrected chi connectivity index (χ4v) is 9.18. The lowest BCUT2D eigenvalue weighted by molar-refractivity contribution is -0.135. The van der Waals surface area contributed by atoms with E-state index in [9.17, 15) is 14.4 Å². The van der Waals surface area contributed by atoms with E-state index in [1.807, 2.05) is 72.8 Å². The molecule has 12 heteroatoms. The van der Waals surface area contributed by atoms with Crippen LogP contribution >= 0.6 is 0 Å². The van der Waals surface area contributed by atoms with E-state index in [1.165, 1.54) is 194 Å². The van der Waals surface area contributed by atoms with Crippen molar-refractivity contribution in [3.8, 4) is 17.2 Å². The van der Waals surface area contributed by atoms with Crippen molar-refractivity contribution >= 4 is 36.1 Å². The molecule has 0 N–H and O–H groups in total. The van der Waals surface area contributed by atoms with Gasteiger partial charge in [0.15, 0.2) is 0 Å². The van der Waals surface area contributed by atoms with Gasteiger partial charge < -0.3 is 42.6 Å². The van der Waals surface area contributed by atoms with Gasteiger partial charge in [-0.2, -0.15) is 0 Å². The van der Waals surface area contributed by atoms with Crippen LogP contribution in [0.5, 0.6) is 17.2 Å². The van der Waals surface area contributed by atoms with Gasteiger partial charge in [0.25, 0.3) is 0 Å². The lowest BCUT2D eigenvalue weighted by Gasteiger charge is -2.18. The van der Waals surface area contributed by atoms with Crippen LogP contribution in [0.25, 0.3) is 18.2 Å². The number of carbonyl (C=O) groups excluding carboxylic acids is 3. The van der Waals surface area contributed by atoms with Crippen LogP contribution in [0.2, 0.25) is 0 Å². The zero-order chi connectivity index (χ0) is 57.7. The average Bonchev–Trinajstić information content (AvgIpc) is 3.49. The van der Waals surface area contributed by atoms with Crippen LogP contribution in [-0.4, -0.2) is 98.2 Å². The molecule has 0 radical (unpaired) electrons. The van der Waals surface area contributed by atoms with Crippen molar-refractivity contribution in [1.82, 2.24) is 0 Å². The van der Waals surface area contributed by atoms with E-state index < -0.39 is 0 Å². The van der Waals surface area contributed by atoms with E-state index in [2.05, 4.69) is 14.2 Å². The Morgan fingerprint density at radius 3 is 0.778 bits per heavy atom. The van der Waals surface area contributed by atoms with E-state index in [-0.39, 0.29) is 24.0 Å². The third kappa shape index (κ3) is 40.4. The van der Waals surface area contributed by atoms with Crippen molar-refractivity contribution in [2.45, 2.75) is 199 Å². The van der Waals surface area contributed by atoms with Crippen molar-refractivity contribution in [1.29, 1.82) is 0 Å². The maximum atomic E-state index is 11.3. The van der Waals surface area contributed by atoms with Gasteiger partial charge in [0, 0.05) is 38.0 Å². The van der Waals surface area contributed by atoms with Crippen LogP contribution < -0.4 is 14.2 Å². The molecule has 3 aromatic rings. The van der Waals surface area contributed by atoms with Crippen LogP contribution in [0, 0.1) is 0 Å². The molecule has 0 unspecified atom stereocenters. The maximum Gasteiger partial charge on any atom is 0.330 e. The first-order chi connectivity index (χ1) is 39.9. The summed E-state index contributed by atoms with van der Waals surface area (Å²) in [5, 5.41) is 0. The Labute approximate surface area is 489 Å². The second kappa shape index (κ2) is 50.3. The first-order valence-electron chi connectivity index (χ1n) is 31.1. The molecule has 452 valence electrons. The second-order valence-corrected chi connectivity index (χ2v) is 21.1. The molecule has 0 aliphatic carbocycles. The van der Waals surface area contributed by atoms with Crippen LogP contribution in [0.15, 0.2) is 91.0 Å². The van der Waals surface area contributed by atoms with Crippen molar-refractivity contribution in [3.05, 3.63) is 108 Å². The van der Waals surface area contributed by atoms with Gasteiger partial charge >= 0.3 is 17.9 Å². The number of hydrogen-bond acceptors (Lipinski definition) is 12. The zero-order valence-corrected chi connectivity index (χ0v) is 50.2. The predicted octanol–water partition coefficient (Wildman–Crippen LogP) is 16.9. The van der Waals surface area contributed by atoms with Crippen LogP contribution in [0.4, 0.5) is 0 Å². The highest BCUT2D eigenvalue weighted by Gasteiger charge is 2.11. The Kier molecular flexibility index (Phi) is 43.4. The van der Waals surface area contributed by atoms with Gasteiger partial charge in [-0.3, -0.25) is 0 Å². The number of hydrogen-bond donors (Lipinski definition) is 0. The number of benzene rings is 3. The first-order valence-corrected chi connectivity index (χ1v) is 31.1. The molecule has 0 spiro atoms. The van der Waals surface area contributed by atoms with Crippen LogP contribution in [0.1, 0.15) is 209 Å². The summed E-state index contributed by atoms with van der Waals surface area (Å²) in [6, 6.07) is 23.3. The Morgan fingerprint density at radius 1 is 0.309 bits per heavy atom. The molecule has 0 aliphatic heterocycles. The van der Waals surface area contributed by atoms with Crippen LogP contribution in [-0.2, 0) is 42.8 Å². The van der Waals surface area contributed by atoms with E-state index in [0.29, 0.717) is 13.2 Å². The molecule has 0 fully saturated rings. The highest BCUT2D eigenvalue weighted by molar-refractivity contribution is 5.88. The first kappa shape index (κ1) is 69.8. The van der Waals surface area contributed by atoms with E-state index in [4.69, 9.17) is 28.4 Å². The average molecular weight is 1130 g/mol. The van der Waals surface area contributed by atoms with Gasteiger partial charge in [0.1, 0.15) is 23.4 Å². The molecule has 0 aromatic heterocycles. The largest absolute Gasteiger partial charge is 0.494 e. The predicted molar refractivity (Wildman–Crippen MR) is 329 cm³/mol. The Bertz CT molecular complexity index is 1960. The van der Waals surface area contributed by atoms with Crippen molar-refractivity contribution in [3.63, 3.8) is 0 Å². The zero-order valence-electron chi connectivity index (χ0n) is 50.2. The third-order valence-electron chi connectivity index (χ3n) is 14.2. The molecule has 0 bridgehead atoms. The molecule has 0 aliphatic rings. The molecule has 3 aromatic carbocycles. The molecule has 0 heterocycles. The maximum absolute atomic E-state index is 11.3. The normalized spacial score (nSPS) is 11.9. The minimum atomic E-state index is -0.362. The van der Waals surface area contributed by atoms with Gasteiger partial charge in [0.05, 0.1) is 54.4 Å². The van der Waals surface area contributed by atoms with Crippen molar-refractivity contribution in [2.75, 3.05) is 74.2 Å². The summed E-state index contributed by atoms with van der Waals surface area (Å²) < 4.78 is 50.4. The third-order valence-corrected chi connectivity index (χ3v) is 14.2. The second-order valence-electron chi connectivity index (χ2n) is 21.1. The standard InChI is InChI=1S/C69H104O12/c1-73-67(70)49-40-60-34-43-63(44-35-60)78-54-30-24-18-12-6-4-10-16-22-28-52-76-58-66(81-57-33-27-21-15-9-8-14-20-26-32-56-80-65-47-38-62(39-48-65)42-51-69(72)75-3)59-77-53-29-23-17-11-5-7-13-19-25-31-55-79-64-45-36-61(37-46-64)41-50-68(71)74-2/h34-51,66H,4-33,52-59H2,1-3H3. The molecule has 12 nitrogen and oxygen atoms in total. The quantitative estimate of drug-likeness (QED) is 0.0230. The fourth-order valence-electron chi connectivity index (χ4n) is 9.18. The summed E-state index contributed by atoms with van der Waals surface area (Å²) in [6.45, 7) is 5.71. The smallest absolute Gasteiger partial charge is 0.330 e. The molecule has 0 atom stereocenters. The van der Waals surface area contributed by atoms with E-state index in [0.717, 1.165) is 112 Å². The monoisotopic (exact) mass is 1120 g/mol. The Balaban J connectivity index is 1.17. The SMILES string of the molecule is COC(=O)C=Cc1ccc(OCCCCCCCCCCCCOCC(COCCCCCCCCCCCCOc2ccc(C=CC(=O)OC)cc2)OCCCCCCCCCCCCOc2ccc(C=CC(=O)OC)cc2)cc1. The molecule has 81 heavy (non-hydrogen) atoms. The summed E-state index contributed by atoms with van der Waals surface area (Å²) in [7, 11) is 4.12. The molecular formula is C69H104O12. The molecule has 0 saturated heterocycles. The summed E-state index contributed by atoms with van der Waals surface area (Å²) in [5.41, 5.74) is 2.81. The highest BCUT2D eigenvalue weighted by atomic mass is 16.6. The highest BCUT2D eigenvalue weighted by Crippen LogP contribution is 2.19.